The van der Waals surface area contributed by atoms with E-state index in [9.17, 15) is 14.7 Å². The van der Waals surface area contributed by atoms with E-state index < -0.39 is 17.7 Å². The third-order valence-electron chi connectivity index (χ3n) is 6.61. The van der Waals surface area contributed by atoms with Crippen molar-refractivity contribution in [2.45, 2.75) is 40.2 Å². The minimum Gasteiger partial charge on any atom is -0.507 e. The number of rotatable bonds is 6. The summed E-state index contributed by atoms with van der Waals surface area (Å²) < 4.78 is 6.45. The lowest BCUT2D eigenvalue weighted by Crippen LogP contribution is -2.29. The van der Waals surface area contributed by atoms with Gasteiger partial charge in [0.05, 0.1) is 28.4 Å². The van der Waals surface area contributed by atoms with Crippen LogP contribution in [0.4, 0.5) is 5.13 Å². The molecule has 0 spiro atoms. The summed E-state index contributed by atoms with van der Waals surface area (Å²) in [5.74, 6) is -0.999. The van der Waals surface area contributed by atoms with Gasteiger partial charge in [-0.15, -0.1) is 0 Å². The average molecular weight is 513 g/mol. The minimum atomic E-state index is -0.806. The van der Waals surface area contributed by atoms with Crippen molar-refractivity contribution >= 4 is 44.1 Å². The number of amides is 1. The summed E-state index contributed by atoms with van der Waals surface area (Å²) in [6.45, 7) is 8.48. The van der Waals surface area contributed by atoms with E-state index in [2.05, 4.69) is 6.92 Å². The minimum absolute atomic E-state index is 0.0468. The summed E-state index contributed by atoms with van der Waals surface area (Å²) >= 11 is 1.37. The van der Waals surface area contributed by atoms with Crippen LogP contribution in [0.5, 0.6) is 5.75 Å². The Balaban J connectivity index is 1.69. The number of ether oxygens (including phenoxy) is 1. The van der Waals surface area contributed by atoms with Crippen LogP contribution in [0.3, 0.4) is 0 Å². The SMILES string of the molecule is CCOc1ccc(C(O)=C2C(=O)C(=O)N(c3nc4c(C)cc(C)cc4s3)C2c2ccc(CC)cc2)cc1. The zero-order chi connectivity index (χ0) is 26.3. The van der Waals surface area contributed by atoms with Gasteiger partial charge in [-0.25, -0.2) is 4.98 Å². The molecule has 5 rings (SSSR count). The second-order valence-corrected chi connectivity index (χ2v) is 10.2. The number of hydrogen-bond donors (Lipinski definition) is 1. The predicted octanol–water partition coefficient (Wildman–Crippen LogP) is 6.50. The second-order valence-electron chi connectivity index (χ2n) is 9.15. The first-order chi connectivity index (χ1) is 17.8. The van der Waals surface area contributed by atoms with E-state index in [1.165, 1.54) is 16.2 Å². The Morgan fingerprint density at radius 1 is 1.03 bits per heavy atom. The van der Waals surface area contributed by atoms with E-state index in [1.54, 1.807) is 24.3 Å². The quantitative estimate of drug-likeness (QED) is 0.181. The number of nitrogens with zero attached hydrogens (tertiary/aromatic N) is 2. The van der Waals surface area contributed by atoms with Gasteiger partial charge in [-0.1, -0.05) is 48.6 Å². The lowest BCUT2D eigenvalue weighted by molar-refractivity contribution is -0.132. The van der Waals surface area contributed by atoms with Crippen LogP contribution in [0.15, 0.2) is 66.2 Å². The molecule has 1 fully saturated rings. The maximum absolute atomic E-state index is 13.5. The largest absolute Gasteiger partial charge is 0.507 e. The molecule has 37 heavy (non-hydrogen) atoms. The van der Waals surface area contributed by atoms with Gasteiger partial charge in [-0.2, -0.15) is 0 Å². The summed E-state index contributed by atoms with van der Waals surface area (Å²) in [6, 6.07) is 17.9. The first kappa shape index (κ1) is 24.7. The first-order valence-electron chi connectivity index (χ1n) is 12.3. The molecular formula is C30H28N2O4S. The summed E-state index contributed by atoms with van der Waals surface area (Å²) in [5.41, 5.74) is 5.27. The average Bonchev–Trinajstić information content (AvgIpc) is 3.43. The van der Waals surface area contributed by atoms with Crippen molar-refractivity contribution in [3.8, 4) is 5.75 Å². The summed E-state index contributed by atoms with van der Waals surface area (Å²) in [5, 5.41) is 11.8. The Bertz CT molecular complexity index is 1530. The van der Waals surface area contributed by atoms with Gasteiger partial charge in [0.25, 0.3) is 5.78 Å². The van der Waals surface area contributed by atoms with Gasteiger partial charge in [-0.3, -0.25) is 14.5 Å². The summed E-state index contributed by atoms with van der Waals surface area (Å²) in [6.07, 6.45) is 0.864. The molecule has 7 heteroatoms. The standard InChI is InChI=1S/C30H28N2O4S/c1-5-19-7-9-20(10-8-19)26-24(27(33)21-11-13-22(14-12-21)36-6-2)28(34)29(35)32(26)30-31-25-18(4)15-17(3)16-23(25)37-30/h7-16,26,33H,5-6H2,1-4H3. The maximum Gasteiger partial charge on any atom is 0.301 e. The molecule has 0 radical (unpaired) electrons. The number of benzene rings is 3. The number of carbonyl (C=O) groups excluding carboxylic acids is 2. The molecule has 1 N–H and O–H groups in total. The van der Waals surface area contributed by atoms with Crippen molar-refractivity contribution in [3.63, 3.8) is 0 Å². The van der Waals surface area contributed by atoms with Gasteiger partial charge in [0.1, 0.15) is 11.5 Å². The van der Waals surface area contributed by atoms with Gasteiger partial charge in [0, 0.05) is 5.56 Å². The number of anilines is 1. The molecule has 4 aromatic rings. The van der Waals surface area contributed by atoms with Crippen LogP contribution in [0, 0.1) is 13.8 Å². The number of aryl methyl sites for hydroxylation is 3. The molecule has 0 aliphatic carbocycles. The smallest absolute Gasteiger partial charge is 0.301 e. The van der Waals surface area contributed by atoms with E-state index >= 15 is 0 Å². The van der Waals surface area contributed by atoms with E-state index in [1.807, 2.05) is 57.2 Å². The number of aliphatic hydroxyl groups is 1. The Morgan fingerprint density at radius 3 is 2.38 bits per heavy atom. The zero-order valence-electron chi connectivity index (χ0n) is 21.2. The van der Waals surface area contributed by atoms with Gasteiger partial charge in [0.15, 0.2) is 5.13 Å². The molecule has 188 valence electrons. The number of aromatic nitrogens is 1. The van der Waals surface area contributed by atoms with Gasteiger partial charge in [-0.05, 0) is 79.8 Å². The van der Waals surface area contributed by atoms with E-state index in [-0.39, 0.29) is 11.3 Å². The number of hydrogen-bond acceptors (Lipinski definition) is 6. The van der Waals surface area contributed by atoms with Crippen molar-refractivity contribution in [2.24, 2.45) is 0 Å². The fourth-order valence-electron chi connectivity index (χ4n) is 4.77. The van der Waals surface area contributed by atoms with Gasteiger partial charge >= 0.3 is 5.91 Å². The second kappa shape index (κ2) is 9.82. The zero-order valence-corrected chi connectivity index (χ0v) is 22.1. The molecule has 1 unspecified atom stereocenters. The highest BCUT2D eigenvalue weighted by Crippen LogP contribution is 2.44. The lowest BCUT2D eigenvalue weighted by Gasteiger charge is -2.23. The Labute approximate surface area is 219 Å². The van der Waals surface area contributed by atoms with Crippen LogP contribution in [0.1, 0.15) is 47.7 Å². The van der Waals surface area contributed by atoms with Crippen molar-refractivity contribution in [1.82, 2.24) is 4.98 Å². The summed E-state index contributed by atoms with van der Waals surface area (Å²) in [4.78, 5) is 33.2. The van der Waals surface area contributed by atoms with Crippen LogP contribution in [0.2, 0.25) is 0 Å². The Hall–Kier alpha value is -3.97. The fraction of sp³-hybridized carbons (Fsp3) is 0.233. The van der Waals surface area contributed by atoms with Crippen LogP contribution < -0.4 is 9.64 Å². The van der Waals surface area contributed by atoms with Crippen molar-refractivity contribution < 1.29 is 19.4 Å². The summed E-state index contributed by atoms with van der Waals surface area (Å²) in [7, 11) is 0. The molecule has 1 saturated heterocycles. The number of thiazole rings is 1. The third kappa shape index (κ3) is 4.40. The topological polar surface area (TPSA) is 79.7 Å². The Kier molecular flexibility index (Phi) is 6.56. The number of fused-ring (bicyclic) bond motifs is 1. The van der Waals surface area contributed by atoms with E-state index in [0.717, 1.165) is 38.9 Å². The van der Waals surface area contributed by atoms with Gasteiger partial charge < -0.3 is 9.84 Å². The van der Waals surface area contributed by atoms with Crippen molar-refractivity contribution in [3.05, 3.63) is 94.1 Å². The van der Waals surface area contributed by atoms with Crippen LogP contribution in [-0.2, 0) is 16.0 Å². The number of carbonyl (C=O) groups is 2. The van der Waals surface area contributed by atoms with Crippen LogP contribution in [0.25, 0.3) is 16.0 Å². The molecule has 1 amide bonds. The molecule has 1 aliphatic rings. The maximum atomic E-state index is 13.5. The molecule has 2 heterocycles. The number of Topliss-reactive ketones (excluding diaryl/α,β-unsaturated/α-hetero) is 1. The first-order valence-corrected chi connectivity index (χ1v) is 13.1. The van der Waals surface area contributed by atoms with E-state index in [4.69, 9.17) is 9.72 Å². The van der Waals surface area contributed by atoms with Crippen LogP contribution in [-0.4, -0.2) is 28.4 Å². The van der Waals surface area contributed by atoms with Crippen molar-refractivity contribution in [2.75, 3.05) is 11.5 Å². The third-order valence-corrected chi connectivity index (χ3v) is 7.61. The van der Waals surface area contributed by atoms with Crippen LogP contribution >= 0.6 is 11.3 Å². The highest BCUT2D eigenvalue weighted by atomic mass is 32.1. The highest BCUT2D eigenvalue weighted by Gasteiger charge is 2.48. The molecule has 1 aromatic heterocycles. The predicted molar refractivity (Wildman–Crippen MR) is 147 cm³/mol. The molecule has 0 saturated carbocycles. The molecule has 1 atom stereocenters. The molecule has 1 aliphatic heterocycles. The monoisotopic (exact) mass is 512 g/mol. The molecule has 3 aromatic carbocycles. The van der Waals surface area contributed by atoms with E-state index in [0.29, 0.717) is 23.1 Å². The number of ketones is 1. The Morgan fingerprint density at radius 2 is 1.73 bits per heavy atom. The van der Waals surface area contributed by atoms with Crippen molar-refractivity contribution in [1.29, 1.82) is 0 Å². The molecule has 6 nitrogen and oxygen atoms in total. The number of aliphatic hydroxyl groups excluding tert-OH is 1. The molecular weight excluding hydrogens is 484 g/mol. The normalized spacial score (nSPS) is 17.1. The molecule has 0 bridgehead atoms. The lowest BCUT2D eigenvalue weighted by atomic mass is 9.94. The van der Waals surface area contributed by atoms with Gasteiger partial charge in [0.2, 0.25) is 0 Å². The highest BCUT2D eigenvalue weighted by molar-refractivity contribution is 7.22. The fourth-order valence-corrected chi connectivity index (χ4v) is 5.94.